The van der Waals surface area contributed by atoms with Crippen molar-refractivity contribution in [3.05, 3.63) is 54.4 Å². The Morgan fingerprint density at radius 1 is 1.41 bits per heavy atom. The van der Waals surface area contributed by atoms with Gasteiger partial charge in [-0.1, -0.05) is 18.7 Å². The van der Waals surface area contributed by atoms with Crippen LogP contribution >= 0.6 is 0 Å². The molecule has 0 spiro atoms. The molecule has 0 fully saturated rings. The van der Waals surface area contributed by atoms with E-state index in [2.05, 4.69) is 17.2 Å². The first-order valence-corrected chi connectivity index (χ1v) is 5.29. The van der Waals surface area contributed by atoms with Gasteiger partial charge in [-0.15, -0.1) is 0 Å². The number of hydrogen-bond donors (Lipinski definition) is 3. The highest BCUT2D eigenvalue weighted by Crippen LogP contribution is 2.09. The molecule has 0 saturated carbocycles. The highest BCUT2D eigenvalue weighted by atomic mass is 16.1. The van der Waals surface area contributed by atoms with Crippen LogP contribution in [0.25, 0.3) is 0 Å². The zero-order valence-electron chi connectivity index (χ0n) is 9.86. The second-order valence-corrected chi connectivity index (χ2v) is 3.66. The maximum atomic E-state index is 11.3. The van der Waals surface area contributed by atoms with Crippen molar-refractivity contribution in [3.8, 4) is 0 Å². The lowest BCUT2D eigenvalue weighted by Gasteiger charge is -2.06. The quantitative estimate of drug-likeness (QED) is 0.676. The lowest BCUT2D eigenvalue weighted by Crippen LogP contribution is -2.22. The summed E-state index contributed by atoms with van der Waals surface area (Å²) in [5.41, 5.74) is 7.70. The third kappa shape index (κ3) is 4.42. The Hall–Kier alpha value is -2.23. The average Bonchev–Trinajstić information content (AvgIpc) is 2.34. The molecule has 1 aromatic carbocycles. The van der Waals surface area contributed by atoms with Gasteiger partial charge >= 0.3 is 0 Å². The van der Waals surface area contributed by atoms with Crippen LogP contribution in [0, 0.1) is 0 Å². The molecule has 0 bridgehead atoms. The Labute approximate surface area is 101 Å². The topological polar surface area (TPSA) is 67.2 Å². The van der Waals surface area contributed by atoms with Crippen molar-refractivity contribution in [1.29, 1.82) is 0 Å². The van der Waals surface area contributed by atoms with Crippen LogP contribution in [0.5, 0.6) is 0 Å². The van der Waals surface area contributed by atoms with Crippen molar-refractivity contribution in [2.24, 2.45) is 5.73 Å². The van der Waals surface area contributed by atoms with Crippen LogP contribution in [0.2, 0.25) is 0 Å². The second kappa shape index (κ2) is 6.37. The van der Waals surface area contributed by atoms with Gasteiger partial charge < -0.3 is 16.4 Å². The molecule has 0 aliphatic carbocycles. The van der Waals surface area contributed by atoms with Crippen LogP contribution in [-0.2, 0) is 11.3 Å². The molecule has 0 radical (unpaired) electrons. The largest absolute Gasteiger partial charge is 0.403 e. The molecule has 4 nitrogen and oxygen atoms in total. The summed E-state index contributed by atoms with van der Waals surface area (Å²) in [4.78, 5) is 11.3. The molecule has 17 heavy (non-hydrogen) atoms. The van der Waals surface area contributed by atoms with Crippen molar-refractivity contribution in [1.82, 2.24) is 5.32 Å². The first kappa shape index (κ1) is 12.8. The van der Waals surface area contributed by atoms with Crippen LogP contribution in [-0.4, -0.2) is 5.91 Å². The second-order valence-electron chi connectivity index (χ2n) is 3.66. The number of amides is 1. The van der Waals surface area contributed by atoms with E-state index in [1.807, 2.05) is 24.3 Å². The normalized spacial score (nSPS) is 10.2. The van der Waals surface area contributed by atoms with Gasteiger partial charge in [0.1, 0.15) is 0 Å². The summed E-state index contributed by atoms with van der Waals surface area (Å²) in [5, 5.41) is 5.77. The molecule has 0 aromatic heterocycles. The number of anilines is 1. The van der Waals surface area contributed by atoms with Crippen LogP contribution in [0.3, 0.4) is 0 Å². The van der Waals surface area contributed by atoms with Crippen molar-refractivity contribution < 1.29 is 4.79 Å². The van der Waals surface area contributed by atoms with E-state index in [-0.39, 0.29) is 5.91 Å². The number of carbonyl (C=O) groups excluding carboxylic acids is 1. The van der Waals surface area contributed by atoms with E-state index in [4.69, 9.17) is 5.73 Å². The summed E-state index contributed by atoms with van der Waals surface area (Å²) in [5.74, 6) is -0.127. The van der Waals surface area contributed by atoms with E-state index < -0.39 is 0 Å². The number of rotatable bonds is 5. The van der Waals surface area contributed by atoms with Crippen LogP contribution in [0.1, 0.15) is 12.5 Å². The smallest absolute Gasteiger partial charge is 0.246 e. The van der Waals surface area contributed by atoms with Gasteiger partial charge in [0, 0.05) is 30.2 Å². The molecule has 0 saturated heterocycles. The number of hydrogen-bond acceptors (Lipinski definition) is 3. The Balaban J connectivity index is 2.51. The van der Waals surface area contributed by atoms with Gasteiger partial charge in [-0.3, -0.25) is 4.79 Å². The van der Waals surface area contributed by atoms with E-state index in [0.717, 1.165) is 11.3 Å². The molecule has 0 heterocycles. The highest BCUT2D eigenvalue weighted by Gasteiger charge is 2.00. The van der Waals surface area contributed by atoms with Gasteiger partial charge in [0.25, 0.3) is 0 Å². The predicted octanol–water partition coefficient (Wildman–Crippen LogP) is 1.72. The maximum Gasteiger partial charge on any atom is 0.246 e. The van der Waals surface area contributed by atoms with Crippen LogP contribution in [0.4, 0.5) is 5.69 Å². The average molecular weight is 231 g/mol. The molecule has 0 atom stereocenters. The summed E-state index contributed by atoms with van der Waals surface area (Å²) < 4.78 is 0. The minimum Gasteiger partial charge on any atom is -0.403 e. The monoisotopic (exact) mass is 231 g/mol. The SMILES string of the molecule is C=C(C)C(=O)NCc1ccc(N/C=C\N)cc1. The standard InChI is InChI=1S/C13H17N3O/c1-10(2)13(17)16-9-11-3-5-12(6-4-11)15-8-7-14/h3-8,15H,1,9,14H2,2H3,(H,16,17)/b8-7-. The zero-order chi connectivity index (χ0) is 12.7. The van der Waals surface area contributed by atoms with Crippen LogP contribution in [0.15, 0.2) is 48.8 Å². The predicted molar refractivity (Wildman–Crippen MR) is 70.1 cm³/mol. The maximum absolute atomic E-state index is 11.3. The van der Waals surface area contributed by atoms with E-state index in [1.54, 1.807) is 13.1 Å². The highest BCUT2D eigenvalue weighted by molar-refractivity contribution is 5.91. The third-order valence-corrected chi connectivity index (χ3v) is 2.14. The first-order valence-electron chi connectivity index (χ1n) is 5.29. The molecule has 1 aromatic rings. The van der Waals surface area contributed by atoms with Crippen LogP contribution < -0.4 is 16.4 Å². The Morgan fingerprint density at radius 2 is 2.06 bits per heavy atom. The molecule has 90 valence electrons. The van der Waals surface area contributed by atoms with Crippen molar-refractivity contribution in [2.75, 3.05) is 5.32 Å². The molecule has 4 heteroatoms. The summed E-state index contributed by atoms with van der Waals surface area (Å²) in [6.07, 6.45) is 3.08. The van der Waals surface area contributed by atoms with E-state index in [0.29, 0.717) is 12.1 Å². The fraction of sp³-hybridized carbons (Fsp3) is 0.154. The van der Waals surface area contributed by atoms with Gasteiger partial charge in [0.05, 0.1) is 0 Å². The lowest BCUT2D eigenvalue weighted by molar-refractivity contribution is -0.117. The van der Waals surface area contributed by atoms with E-state index in [1.165, 1.54) is 6.20 Å². The van der Waals surface area contributed by atoms with Gasteiger partial charge in [-0.05, 0) is 24.6 Å². The molecule has 4 N–H and O–H groups in total. The summed E-state index contributed by atoms with van der Waals surface area (Å²) in [6, 6.07) is 7.71. The van der Waals surface area contributed by atoms with Crippen molar-refractivity contribution in [3.63, 3.8) is 0 Å². The van der Waals surface area contributed by atoms with Gasteiger partial charge in [-0.25, -0.2) is 0 Å². The molecule has 0 aliphatic rings. The lowest BCUT2D eigenvalue weighted by atomic mass is 10.2. The molecule has 0 unspecified atom stereocenters. The third-order valence-electron chi connectivity index (χ3n) is 2.14. The first-order chi connectivity index (χ1) is 8.13. The summed E-state index contributed by atoms with van der Waals surface area (Å²) in [7, 11) is 0. The summed E-state index contributed by atoms with van der Waals surface area (Å²) in [6.45, 7) is 5.75. The number of benzene rings is 1. The molecular formula is C13H17N3O. The Bertz CT molecular complexity index is 421. The Kier molecular flexibility index (Phi) is 4.81. The number of carbonyl (C=O) groups is 1. The van der Waals surface area contributed by atoms with E-state index >= 15 is 0 Å². The zero-order valence-corrected chi connectivity index (χ0v) is 9.86. The minimum absolute atomic E-state index is 0.127. The minimum atomic E-state index is -0.127. The van der Waals surface area contributed by atoms with E-state index in [9.17, 15) is 4.79 Å². The fourth-order valence-corrected chi connectivity index (χ4v) is 1.20. The molecule has 0 aliphatic heterocycles. The van der Waals surface area contributed by atoms with Gasteiger partial charge in [0.15, 0.2) is 0 Å². The van der Waals surface area contributed by atoms with Gasteiger partial charge in [0.2, 0.25) is 5.91 Å². The fourth-order valence-electron chi connectivity index (χ4n) is 1.20. The van der Waals surface area contributed by atoms with Crippen molar-refractivity contribution >= 4 is 11.6 Å². The summed E-state index contributed by atoms with van der Waals surface area (Å²) >= 11 is 0. The number of nitrogens with two attached hydrogens (primary N) is 1. The molecular weight excluding hydrogens is 214 g/mol. The Morgan fingerprint density at radius 3 is 2.59 bits per heavy atom. The molecule has 1 amide bonds. The number of nitrogens with one attached hydrogen (secondary N) is 2. The van der Waals surface area contributed by atoms with Crippen molar-refractivity contribution in [2.45, 2.75) is 13.5 Å². The molecule has 1 rings (SSSR count). The van der Waals surface area contributed by atoms with Gasteiger partial charge in [-0.2, -0.15) is 0 Å².